The fraction of sp³-hybridized carbons (Fsp3) is 0.600. The quantitative estimate of drug-likeness (QED) is 0.869. The van der Waals surface area contributed by atoms with Crippen molar-refractivity contribution < 1.29 is 4.74 Å². The lowest BCUT2D eigenvalue weighted by Crippen LogP contribution is -2.22. The molecule has 0 aromatic heterocycles. The minimum absolute atomic E-state index is 0.0949. The van der Waals surface area contributed by atoms with E-state index in [0.717, 1.165) is 18.6 Å². The van der Waals surface area contributed by atoms with Gasteiger partial charge in [-0.1, -0.05) is 39.8 Å². The molecule has 17 heavy (non-hydrogen) atoms. The summed E-state index contributed by atoms with van der Waals surface area (Å²) < 4.78 is 5.43. The van der Waals surface area contributed by atoms with Crippen molar-refractivity contribution in [1.29, 1.82) is 0 Å². The summed E-state index contributed by atoms with van der Waals surface area (Å²) in [5.74, 6) is 0.964. The van der Waals surface area contributed by atoms with Crippen molar-refractivity contribution in [3.05, 3.63) is 29.3 Å². The van der Waals surface area contributed by atoms with E-state index in [-0.39, 0.29) is 11.5 Å². The Balaban J connectivity index is 3.05. The molecule has 0 bridgehead atoms. The SMILES string of the molecule is CCC(N)Cc1ccc(OC)c(C(C)(C)C)c1. The molecule has 2 nitrogen and oxygen atoms in total. The monoisotopic (exact) mass is 235 g/mol. The van der Waals surface area contributed by atoms with Gasteiger partial charge in [-0.25, -0.2) is 0 Å². The van der Waals surface area contributed by atoms with E-state index in [2.05, 4.69) is 45.9 Å². The van der Waals surface area contributed by atoms with Crippen molar-refractivity contribution in [3.8, 4) is 5.75 Å². The van der Waals surface area contributed by atoms with E-state index in [1.54, 1.807) is 7.11 Å². The van der Waals surface area contributed by atoms with Crippen LogP contribution in [-0.4, -0.2) is 13.2 Å². The first-order valence-electron chi connectivity index (χ1n) is 6.31. The Hall–Kier alpha value is -1.02. The lowest BCUT2D eigenvalue weighted by atomic mass is 9.84. The average Bonchev–Trinajstić information content (AvgIpc) is 2.27. The molecule has 2 N–H and O–H groups in total. The van der Waals surface area contributed by atoms with E-state index in [1.807, 2.05) is 0 Å². The highest BCUT2D eigenvalue weighted by Crippen LogP contribution is 2.32. The van der Waals surface area contributed by atoms with Gasteiger partial charge in [0.2, 0.25) is 0 Å². The molecule has 0 radical (unpaired) electrons. The third-order valence-electron chi connectivity index (χ3n) is 3.09. The van der Waals surface area contributed by atoms with Gasteiger partial charge in [-0.3, -0.25) is 0 Å². The van der Waals surface area contributed by atoms with Crippen molar-refractivity contribution in [2.45, 2.75) is 52.0 Å². The van der Waals surface area contributed by atoms with Crippen LogP contribution in [0.1, 0.15) is 45.2 Å². The molecule has 1 aromatic carbocycles. The molecule has 1 unspecified atom stereocenters. The van der Waals surface area contributed by atoms with Crippen LogP contribution in [0.25, 0.3) is 0 Å². The van der Waals surface area contributed by atoms with Gasteiger partial charge in [0.25, 0.3) is 0 Å². The first-order chi connectivity index (χ1) is 7.88. The normalized spacial score (nSPS) is 13.5. The zero-order valence-electron chi connectivity index (χ0n) is 11.7. The zero-order chi connectivity index (χ0) is 13.1. The minimum atomic E-state index is 0.0949. The molecule has 0 spiro atoms. The predicted octanol–water partition coefficient (Wildman–Crippen LogP) is 3.27. The van der Waals surface area contributed by atoms with Gasteiger partial charge in [-0.05, 0) is 35.4 Å². The van der Waals surface area contributed by atoms with Crippen LogP contribution in [0.15, 0.2) is 18.2 Å². The summed E-state index contributed by atoms with van der Waals surface area (Å²) in [6.07, 6.45) is 1.94. The molecule has 0 amide bonds. The van der Waals surface area contributed by atoms with Gasteiger partial charge < -0.3 is 10.5 Å². The van der Waals surface area contributed by atoms with Crippen LogP contribution in [-0.2, 0) is 11.8 Å². The molecule has 1 atom stereocenters. The number of ether oxygens (including phenoxy) is 1. The maximum Gasteiger partial charge on any atom is 0.122 e. The van der Waals surface area contributed by atoms with Crippen LogP contribution < -0.4 is 10.5 Å². The Kier molecular flexibility index (Phi) is 4.58. The van der Waals surface area contributed by atoms with Crippen LogP contribution in [0, 0.1) is 0 Å². The highest BCUT2D eigenvalue weighted by Gasteiger charge is 2.19. The van der Waals surface area contributed by atoms with E-state index >= 15 is 0 Å². The van der Waals surface area contributed by atoms with Crippen molar-refractivity contribution in [3.63, 3.8) is 0 Å². The summed E-state index contributed by atoms with van der Waals surface area (Å²) in [6.45, 7) is 8.73. The number of nitrogens with two attached hydrogens (primary N) is 1. The fourth-order valence-electron chi connectivity index (χ4n) is 1.92. The van der Waals surface area contributed by atoms with E-state index < -0.39 is 0 Å². The molecule has 2 heteroatoms. The van der Waals surface area contributed by atoms with Crippen LogP contribution in [0.4, 0.5) is 0 Å². The van der Waals surface area contributed by atoms with Crippen LogP contribution in [0.3, 0.4) is 0 Å². The molecule has 0 heterocycles. The molecular formula is C15H25NO. The van der Waals surface area contributed by atoms with Crippen LogP contribution in [0.2, 0.25) is 0 Å². The molecule has 0 aliphatic heterocycles. The third-order valence-corrected chi connectivity index (χ3v) is 3.09. The number of methoxy groups -OCH3 is 1. The predicted molar refractivity (Wildman–Crippen MR) is 73.7 cm³/mol. The van der Waals surface area contributed by atoms with Gasteiger partial charge in [-0.2, -0.15) is 0 Å². The lowest BCUT2D eigenvalue weighted by Gasteiger charge is -2.23. The number of rotatable bonds is 4. The van der Waals surface area contributed by atoms with Crippen LogP contribution >= 0.6 is 0 Å². The molecule has 0 fully saturated rings. The topological polar surface area (TPSA) is 35.2 Å². The molecule has 0 saturated carbocycles. The fourth-order valence-corrected chi connectivity index (χ4v) is 1.92. The first kappa shape index (κ1) is 14.0. The zero-order valence-corrected chi connectivity index (χ0v) is 11.7. The molecule has 1 rings (SSSR count). The maximum absolute atomic E-state index is 6.00. The standard InChI is InChI=1S/C15H25NO/c1-6-12(16)9-11-7-8-14(17-5)13(10-11)15(2,3)4/h7-8,10,12H,6,9,16H2,1-5H3. The van der Waals surface area contributed by atoms with Crippen molar-refractivity contribution in [2.75, 3.05) is 7.11 Å². The molecular weight excluding hydrogens is 210 g/mol. The molecule has 0 aliphatic carbocycles. The van der Waals surface area contributed by atoms with Gasteiger partial charge in [0.1, 0.15) is 5.75 Å². The Morgan fingerprint density at radius 1 is 1.29 bits per heavy atom. The highest BCUT2D eigenvalue weighted by atomic mass is 16.5. The Morgan fingerprint density at radius 2 is 1.94 bits per heavy atom. The number of hydrogen-bond donors (Lipinski definition) is 1. The summed E-state index contributed by atoms with van der Waals surface area (Å²) in [6, 6.07) is 6.65. The second-order valence-electron chi connectivity index (χ2n) is 5.66. The van der Waals surface area contributed by atoms with Crippen molar-refractivity contribution in [1.82, 2.24) is 0 Å². The molecule has 96 valence electrons. The molecule has 1 aromatic rings. The van der Waals surface area contributed by atoms with E-state index in [0.29, 0.717) is 0 Å². The molecule has 0 saturated heterocycles. The van der Waals surface area contributed by atoms with Gasteiger partial charge in [0.15, 0.2) is 0 Å². The Labute approximate surface area is 105 Å². The third kappa shape index (κ3) is 3.74. The largest absolute Gasteiger partial charge is 0.496 e. The second kappa shape index (κ2) is 5.54. The van der Waals surface area contributed by atoms with Crippen molar-refractivity contribution in [2.24, 2.45) is 5.73 Å². The number of hydrogen-bond acceptors (Lipinski definition) is 2. The second-order valence-corrected chi connectivity index (χ2v) is 5.66. The summed E-state index contributed by atoms with van der Waals surface area (Å²) in [4.78, 5) is 0. The molecule has 0 aliphatic rings. The summed E-state index contributed by atoms with van der Waals surface area (Å²) in [7, 11) is 1.72. The van der Waals surface area contributed by atoms with E-state index in [1.165, 1.54) is 11.1 Å². The summed E-state index contributed by atoms with van der Waals surface area (Å²) in [5.41, 5.74) is 8.65. The van der Waals surface area contributed by atoms with E-state index in [4.69, 9.17) is 10.5 Å². The van der Waals surface area contributed by atoms with Crippen LogP contribution in [0.5, 0.6) is 5.75 Å². The Bertz CT molecular complexity index is 366. The van der Waals surface area contributed by atoms with E-state index in [9.17, 15) is 0 Å². The maximum atomic E-state index is 6.00. The summed E-state index contributed by atoms with van der Waals surface area (Å²) in [5, 5.41) is 0. The highest BCUT2D eigenvalue weighted by molar-refractivity contribution is 5.41. The van der Waals surface area contributed by atoms with Gasteiger partial charge in [0, 0.05) is 6.04 Å². The summed E-state index contributed by atoms with van der Waals surface area (Å²) >= 11 is 0. The van der Waals surface area contributed by atoms with Gasteiger partial charge in [0.05, 0.1) is 7.11 Å². The van der Waals surface area contributed by atoms with Gasteiger partial charge in [-0.15, -0.1) is 0 Å². The van der Waals surface area contributed by atoms with Crippen molar-refractivity contribution >= 4 is 0 Å². The minimum Gasteiger partial charge on any atom is -0.496 e. The Morgan fingerprint density at radius 3 is 2.41 bits per heavy atom. The number of benzene rings is 1. The first-order valence-corrected chi connectivity index (χ1v) is 6.31. The lowest BCUT2D eigenvalue weighted by molar-refractivity contribution is 0.397. The van der Waals surface area contributed by atoms with Gasteiger partial charge >= 0.3 is 0 Å². The smallest absolute Gasteiger partial charge is 0.122 e. The average molecular weight is 235 g/mol.